The van der Waals surface area contributed by atoms with E-state index < -0.39 is 28.7 Å². The number of aliphatic hydroxyl groups is 1. The molecule has 3 saturated heterocycles. The molecule has 3 aliphatic rings. The van der Waals surface area contributed by atoms with Crippen LogP contribution in [-0.4, -0.2) is 79.2 Å². The average molecular weight is 709 g/mol. The number of fused-ring (bicyclic) bond motifs is 1. The van der Waals surface area contributed by atoms with Crippen molar-refractivity contribution in [2.24, 2.45) is 17.8 Å². The molecule has 9 heteroatoms. The molecule has 0 aliphatic carbocycles. The molecule has 0 aromatic heterocycles. The Labute approximate surface area is 286 Å². The first-order valence-corrected chi connectivity index (χ1v) is 18.0. The fraction of sp³-hybridized carbons (Fsp3) is 0.486. The van der Waals surface area contributed by atoms with E-state index in [0.29, 0.717) is 19.5 Å². The molecule has 2 aromatic rings. The highest BCUT2D eigenvalue weighted by Crippen LogP contribution is 2.68. The van der Waals surface area contributed by atoms with Crippen molar-refractivity contribution in [1.29, 1.82) is 0 Å². The van der Waals surface area contributed by atoms with Crippen LogP contribution in [0.5, 0.6) is 0 Å². The van der Waals surface area contributed by atoms with Crippen LogP contribution in [0.3, 0.4) is 0 Å². The van der Waals surface area contributed by atoms with Gasteiger partial charge in [0.2, 0.25) is 11.8 Å². The van der Waals surface area contributed by atoms with Gasteiger partial charge in [-0.25, -0.2) is 0 Å². The van der Waals surface area contributed by atoms with Gasteiger partial charge in [0.05, 0.1) is 29.2 Å². The van der Waals surface area contributed by atoms with E-state index in [9.17, 15) is 14.7 Å². The summed E-state index contributed by atoms with van der Waals surface area (Å²) in [6.45, 7) is 16.6. The van der Waals surface area contributed by atoms with Crippen molar-refractivity contribution in [3.63, 3.8) is 0 Å². The largest absolute Gasteiger partial charge is 0.394 e. The molecular formula is C37H46BrN3O4S. The molecule has 1 spiro atoms. The van der Waals surface area contributed by atoms with Crippen LogP contribution in [0.2, 0.25) is 0 Å². The number of likely N-dealkylation sites (tertiary alicyclic amines) is 1. The second-order valence-electron chi connectivity index (χ2n) is 13.1. The van der Waals surface area contributed by atoms with Crippen molar-refractivity contribution >= 4 is 51.1 Å². The van der Waals surface area contributed by atoms with Crippen molar-refractivity contribution in [3.8, 4) is 0 Å². The Bertz CT molecular complexity index is 1490. The molecule has 3 heterocycles. The van der Waals surface area contributed by atoms with Gasteiger partial charge in [0.25, 0.3) is 5.91 Å². The zero-order chi connectivity index (χ0) is 33.3. The lowest BCUT2D eigenvalue weighted by Gasteiger charge is -2.41. The second-order valence-corrected chi connectivity index (χ2v) is 15.8. The van der Waals surface area contributed by atoms with Crippen LogP contribution in [0.15, 0.2) is 73.8 Å². The lowest BCUT2D eigenvalue weighted by Crippen LogP contribution is -2.59. The summed E-state index contributed by atoms with van der Waals surface area (Å²) < 4.78 is -0.835. The van der Waals surface area contributed by atoms with Crippen molar-refractivity contribution in [3.05, 3.63) is 90.5 Å². The number of amides is 3. The Balaban J connectivity index is 1.63. The summed E-state index contributed by atoms with van der Waals surface area (Å²) in [6, 6.07) is 14.4. The summed E-state index contributed by atoms with van der Waals surface area (Å²) in [7, 11) is 0. The molecule has 5 rings (SSSR count). The number of alkyl halides is 1. The standard InChI is InChI=1S/C37H46BrN3O4S/c1-7-17-39(21-26-13-11-10-12-14-26)34(43)30-31-35(44)41(29(22-42)24(5)9-3)33(37(31)20-27(38)32(30)46-37)36(45)40(18-8-2)28-19-23(4)15-16-25(28)6/h7-8,10-16,19,24,27,29-33,42H,1-2,9,17-18,20-22H2,3-6H3/t24-,27?,29-,30-,31-,32-,33?,37?/m0/s1. The number of carbonyl (C=O) groups is 3. The molecule has 2 aromatic carbocycles. The Hall–Kier alpha value is -2.88. The maximum Gasteiger partial charge on any atom is 0.251 e. The minimum absolute atomic E-state index is 0.0560. The van der Waals surface area contributed by atoms with E-state index >= 15 is 4.79 Å². The summed E-state index contributed by atoms with van der Waals surface area (Å²) in [4.78, 5) is 49.8. The van der Waals surface area contributed by atoms with Crippen LogP contribution in [-0.2, 0) is 20.9 Å². The average Bonchev–Trinajstić information content (AvgIpc) is 3.64. The van der Waals surface area contributed by atoms with Crippen LogP contribution in [0.1, 0.15) is 43.4 Å². The van der Waals surface area contributed by atoms with Gasteiger partial charge in [-0.1, -0.05) is 90.8 Å². The van der Waals surface area contributed by atoms with Crippen LogP contribution < -0.4 is 4.90 Å². The van der Waals surface area contributed by atoms with Crippen molar-refractivity contribution in [2.45, 2.75) is 74.0 Å². The third-order valence-corrected chi connectivity index (χ3v) is 13.4. The zero-order valence-electron chi connectivity index (χ0n) is 27.3. The lowest BCUT2D eigenvalue weighted by atomic mass is 9.70. The van der Waals surface area contributed by atoms with Crippen molar-refractivity contribution in [1.82, 2.24) is 9.80 Å². The normalized spacial score (nSPS) is 27.7. The molecular weight excluding hydrogens is 662 g/mol. The maximum atomic E-state index is 15.1. The second kappa shape index (κ2) is 14.1. The van der Waals surface area contributed by atoms with Gasteiger partial charge in [-0.15, -0.1) is 24.9 Å². The third-order valence-electron chi connectivity index (χ3n) is 10.2. The predicted octanol–water partition coefficient (Wildman–Crippen LogP) is 5.91. The summed E-state index contributed by atoms with van der Waals surface area (Å²) in [5, 5.41) is 10.6. The minimum atomic E-state index is -0.856. The molecule has 2 bridgehead atoms. The topological polar surface area (TPSA) is 81.2 Å². The lowest BCUT2D eigenvalue weighted by molar-refractivity contribution is -0.146. The molecule has 46 heavy (non-hydrogen) atoms. The van der Waals surface area contributed by atoms with E-state index in [1.165, 1.54) is 0 Å². The number of anilines is 1. The number of aryl methyl sites for hydroxylation is 2. The van der Waals surface area contributed by atoms with Gasteiger partial charge in [-0.2, -0.15) is 0 Å². The summed E-state index contributed by atoms with van der Waals surface area (Å²) in [6.07, 6.45) is 4.73. The molecule has 0 saturated carbocycles. The van der Waals surface area contributed by atoms with E-state index in [1.807, 2.05) is 76.2 Å². The number of carbonyl (C=O) groups excluding carboxylic acids is 3. The van der Waals surface area contributed by atoms with E-state index in [1.54, 1.807) is 38.6 Å². The van der Waals surface area contributed by atoms with Gasteiger partial charge >= 0.3 is 0 Å². The minimum Gasteiger partial charge on any atom is -0.394 e. The van der Waals surface area contributed by atoms with Crippen LogP contribution in [0, 0.1) is 31.6 Å². The fourth-order valence-electron chi connectivity index (χ4n) is 7.80. The molecule has 246 valence electrons. The van der Waals surface area contributed by atoms with E-state index in [-0.39, 0.29) is 46.9 Å². The highest BCUT2D eigenvalue weighted by Gasteiger charge is 2.76. The maximum absolute atomic E-state index is 15.1. The highest BCUT2D eigenvalue weighted by atomic mass is 79.9. The number of rotatable bonds is 13. The first kappa shape index (κ1) is 34.5. The van der Waals surface area contributed by atoms with Gasteiger partial charge in [-0.3, -0.25) is 14.4 Å². The van der Waals surface area contributed by atoms with Crippen LogP contribution >= 0.6 is 27.7 Å². The third kappa shape index (κ3) is 5.88. The number of aliphatic hydroxyl groups excluding tert-OH is 1. The van der Waals surface area contributed by atoms with E-state index in [2.05, 4.69) is 29.1 Å². The Kier molecular flexibility index (Phi) is 10.5. The van der Waals surface area contributed by atoms with Crippen molar-refractivity contribution < 1.29 is 19.5 Å². The Morgan fingerprint density at radius 3 is 2.46 bits per heavy atom. The number of benzene rings is 2. The number of nitrogens with zero attached hydrogens (tertiary/aromatic N) is 3. The summed E-state index contributed by atoms with van der Waals surface area (Å²) >= 11 is 5.53. The molecule has 8 atom stereocenters. The number of hydrogen-bond acceptors (Lipinski definition) is 5. The first-order chi connectivity index (χ1) is 22.0. The first-order valence-electron chi connectivity index (χ1n) is 16.2. The molecule has 3 aliphatic heterocycles. The summed E-state index contributed by atoms with van der Waals surface area (Å²) in [5.74, 6) is -1.87. The van der Waals surface area contributed by atoms with Gasteiger partial charge in [0.1, 0.15) is 6.04 Å². The molecule has 1 N–H and O–H groups in total. The number of thioether (sulfide) groups is 1. The SMILES string of the molecule is C=CCN(Cc1ccccc1)C(=O)[C@H]1[C@H]2C(=O)N([C@@H](CO)[C@@H](C)CC)C(C(=O)N(CC=C)c3cc(C)ccc3C)C23CC(Br)[C@@H]1S3. The molecule has 3 fully saturated rings. The van der Waals surface area contributed by atoms with E-state index in [0.717, 1.165) is 28.8 Å². The number of halogens is 1. The Morgan fingerprint density at radius 2 is 1.83 bits per heavy atom. The quantitative estimate of drug-likeness (QED) is 0.207. The highest BCUT2D eigenvalue weighted by molar-refractivity contribution is 9.09. The van der Waals surface area contributed by atoms with Crippen LogP contribution in [0.25, 0.3) is 0 Å². The predicted molar refractivity (Wildman–Crippen MR) is 190 cm³/mol. The molecule has 3 amide bonds. The van der Waals surface area contributed by atoms with Gasteiger partial charge in [-0.05, 0) is 48.9 Å². The van der Waals surface area contributed by atoms with Crippen LogP contribution in [0.4, 0.5) is 5.69 Å². The smallest absolute Gasteiger partial charge is 0.251 e. The number of hydrogen-bond donors (Lipinski definition) is 1. The van der Waals surface area contributed by atoms with Gasteiger partial charge in [0.15, 0.2) is 0 Å². The summed E-state index contributed by atoms with van der Waals surface area (Å²) in [5.41, 5.74) is 3.74. The van der Waals surface area contributed by atoms with Gasteiger partial charge in [0, 0.05) is 35.4 Å². The Morgan fingerprint density at radius 1 is 1.13 bits per heavy atom. The molecule has 3 unspecified atom stereocenters. The molecule has 0 radical (unpaired) electrons. The zero-order valence-corrected chi connectivity index (χ0v) is 29.7. The van der Waals surface area contributed by atoms with Crippen molar-refractivity contribution in [2.75, 3.05) is 24.6 Å². The fourth-order valence-corrected chi connectivity index (χ4v) is 11.4. The molecule has 7 nitrogen and oxygen atoms in total. The monoisotopic (exact) mass is 707 g/mol. The van der Waals surface area contributed by atoms with E-state index in [4.69, 9.17) is 0 Å². The van der Waals surface area contributed by atoms with Gasteiger partial charge < -0.3 is 19.8 Å².